The summed E-state index contributed by atoms with van der Waals surface area (Å²) < 4.78 is 11.9. The van der Waals surface area contributed by atoms with E-state index in [2.05, 4.69) is 15.1 Å². The van der Waals surface area contributed by atoms with Crippen molar-refractivity contribution in [1.29, 1.82) is 0 Å². The number of aromatic amines is 2. The van der Waals surface area contributed by atoms with Gasteiger partial charge in [-0.25, -0.2) is 0 Å². The molecule has 2 aliphatic rings. The van der Waals surface area contributed by atoms with Gasteiger partial charge < -0.3 is 24.4 Å². The molecule has 23 heavy (non-hydrogen) atoms. The Morgan fingerprint density at radius 1 is 1.22 bits per heavy atom. The summed E-state index contributed by atoms with van der Waals surface area (Å²) >= 11 is 0. The van der Waals surface area contributed by atoms with Gasteiger partial charge in [-0.1, -0.05) is 0 Å². The van der Waals surface area contributed by atoms with E-state index in [1.165, 1.54) is 0 Å². The molecule has 0 spiro atoms. The molecule has 3 heterocycles. The lowest BCUT2D eigenvalue weighted by Crippen LogP contribution is -2.37. The van der Waals surface area contributed by atoms with E-state index in [-0.39, 0.29) is 36.1 Å². The largest absolute Gasteiger partial charge is 0.372 e. The number of aromatic nitrogens is 2. The van der Waals surface area contributed by atoms with Crippen molar-refractivity contribution < 1.29 is 14.3 Å². The first-order chi connectivity index (χ1) is 11.0. The number of aryl methyl sites for hydroxylation is 1. The van der Waals surface area contributed by atoms with Crippen LogP contribution in [0.4, 0.5) is 0 Å². The Balaban J connectivity index is 1.60. The third kappa shape index (κ3) is 3.34. The molecular weight excluding hydrogens is 300 g/mol. The zero-order chi connectivity index (χ0) is 16.6. The van der Waals surface area contributed by atoms with Crippen molar-refractivity contribution in [2.24, 2.45) is 0 Å². The van der Waals surface area contributed by atoms with Crippen molar-refractivity contribution in [1.82, 2.24) is 20.0 Å². The Labute approximate surface area is 134 Å². The van der Waals surface area contributed by atoms with Crippen LogP contribution in [0.25, 0.3) is 0 Å². The normalized spacial score (nSPS) is 25.7. The maximum Gasteiger partial charge on any atom is 0.267 e. The highest BCUT2D eigenvalue weighted by Crippen LogP contribution is 2.21. The lowest BCUT2D eigenvalue weighted by atomic mass is 10.2. The zero-order valence-corrected chi connectivity index (χ0v) is 13.8. The quantitative estimate of drug-likeness (QED) is 0.753. The van der Waals surface area contributed by atoms with Gasteiger partial charge in [0, 0.05) is 24.3 Å². The Morgan fingerprint density at radius 2 is 1.83 bits per heavy atom. The summed E-state index contributed by atoms with van der Waals surface area (Å²) in [5.74, 6) is -0.0670. The molecular formula is C15H24N4O4. The van der Waals surface area contributed by atoms with Crippen LogP contribution in [0.15, 0.2) is 4.79 Å². The fraction of sp³-hybridized carbons (Fsp3) is 0.733. The topological polar surface area (TPSA) is 90.7 Å². The fourth-order valence-electron chi connectivity index (χ4n) is 3.03. The number of nitrogens with zero attached hydrogens (tertiary/aromatic N) is 2. The van der Waals surface area contributed by atoms with Crippen LogP contribution < -0.4 is 5.56 Å². The molecule has 2 atom stereocenters. The monoisotopic (exact) mass is 324 g/mol. The van der Waals surface area contributed by atoms with Crippen LogP contribution in [-0.2, 0) is 20.7 Å². The molecule has 128 valence electrons. The molecule has 8 nitrogen and oxygen atoms in total. The van der Waals surface area contributed by atoms with E-state index in [1.54, 1.807) is 11.8 Å². The number of nitrogens with one attached hydrogen (secondary N) is 2. The lowest BCUT2D eigenvalue weighted by Gasteiger charge is -2.23. The number of rotatable bonds is 3. The van der Waals surface area contributed by atoms with E-state index in [0.717, 1.165) is 0 Å². The van der Waals surface area contributed by atoms with Crippen LogP contribution in [-0.4, -0.2) is 84.6 Å². The first-order valence-corrected chi connectivity index (χ1v) is 7.89. The van der Waals surface area contributed by atoms with Crippen LogP contribution >= 0.6 is 0 Å². The maximum atomic E-state index is 12.5. The summed E-state index contributed by atoms with van der Waals surface area (Å²) in [5.41, 5.74) is 0.972. The summed E-state index contributed by atoms with van der Waals surface area (Å²) in [4.78, 5) is 28.0. The zero-order valence-electron chi connectivity index (χ0n) is 13.8. The van der Waals surface area contributed by atoms with Crippen molar-refractivity contribution in [2.75, 3.05) is 40.4 Å². The average Bonchev–Trinajstić information content (AvgIpc) is 2.98. The predicted octanol–water partition coefficient (Wildman–Crippen LogP) is -0.890. The Bertz CT molecular complexity index is 607. The first kappa shape index (κ1) is 16.2. The molecule has 2 saturated heterocycles. The standard InChI is InChI=1S/C15H24N4O4/c1-9-11(15(21)17-16-9)4-14(20)19-5-12-13(6-19)23-8-10(7-22-12)18(2)3/h10,12-13H,4-8H2,1-3H3,(H2,16,17,21)/t12-,13-/m0/s1. The molecule has 8 heteroatoms. The van der Waals surface area contributed by atoms with Gasteiger partial charge in [-0.05, 0) is 21.0 Å². The van der Waals surface area contributed by atoms with E-state index in [4.69, 9.17) is 9.47 Å². The third-order valence-electron chi connectivity index (χ3n) is 4.72. The number of likely N-dealkylation sites (tertiary alicyclic amines) is 1. The van der Waals surface area contributed by atoms with E-state index >= 15 is 0 Å². The number of carbonyl (C=O) groups is 1. The molecule has 0 aromatic carbocycles. The minimum Gasteiger partial charge on any atom is -0.372 e. The van der Waals surface area contributed by atoms with E-state index in [0.29, 0.717) is 37.6 Å². The van der Waals surface area contributed by atoms with Crippen LogP contribution in [0.1, 0.15) is 11.3 Å². The van der Waals surface area contributed by atoms with Crippen LogP contribution in [0.2, 0.25) is 0 Å². The van der Waals surface area contributed by atoms with Gasteiger partial charge in [-0.15, -0.1) is 0 Å². The molecule has 1 amide bonds. The fourth-order valence-corrected chi connectivity index (χ4v) is 3.03. The number of hydrogen-bond acceptors (Lipinski definition) is 5. The highest BCUT2D eigenvalue weighted by Gasteiger charge is 2.39. The predicted molar refractivity (Wildman–Crippen MR) is 83.4 cm³/mol. The number of amides is 1. The smallest absolute Gasteiger partial charge is 0.267 e. The molecule has 1 aromatic heterocycles. The van der Waals surface area contributed by atoms with E-state index in [1.807, 2.05) is 14.1 Å². The van der Waals surface area contributed by atoms with Crippen molar-refractivity contribution in [3.05, 3.63) is 21.6 Å². The van der Waals surface area contributed by atoms with Gasteiger partial charge in [0.25, 0.3) is 5.56 Å². The second kappa shape index (κ2) is 6.46. The van der Waals surface area contributed by atoms with Gasteiger partial charge in [0.05, 0.1) is 25.7 Å². The summed E-state index contributed by atoms with van der Waals surface area (Å²) in [5, 5.41) is 5.25. The third-order valence-corrected chi connectivity index (χ3v) is 4.72. The Kier molecular flexibility index (Phi) is 4.56. The number of carbonyl (C=O) groups excluding carboxylic acids is 1. The Morgan fingerprint density at radius 3 is 2.30 bits per heavy atom. The lowest BCUT2D eigenvalue weighted by molar-refractivity contribution is -0.130. The second-order valence-corrected chi connectivity index (χ2v) is 6.52. The average molecular weight is 324 g/mol. The van der Waals surface area contributed by atoms with Gasteiger partial charge in [0.2, 0.25) is 5.91 Å². The molecule has 0 radical (unpaired) electrons. The minimum atomic E-state index is -0.231. The number of likely N-dealkylation sites (N-methyl/N-ethyl adjacent to an activating group) is 1. The number of ether oxygens (including phenoxy) is 2. The summed E-state index contributed by atoms with van der Waals surface area (Å²) in [7, 11) is 4.01. The molecule has 1 aromatic rings. The van der Waals surface area contributed by atoms with Crippen molar-refractivity contribution in [2.45, 2.75) is 31.6 Å². The van der Waals surface area contributed by atoms with Gasteiger partial charge in [0.15, 0.2) is 0 Å². The molecule has 2 fully saturated rings. The molecule has 2 N–H and O–H groups in total. The molecule has 2 aliphatic heterocycles. The van der Waals surface area contributed by atoms with E-state index < -0.39 is 0 Å². The van der Waals surface area contributed by atoms with Crippen molar-refractivity contribution in [3.8, 4) is 0 Å². The second-order valence-electron chi connectivity index (χ2n) is 6.52. The number of hydrogen-bond donors (Lipinski definition) is 2. The van der Waals surface area contributed by atoms with E-state index in [9.17, 15) is 9.59 Å². The number of H-pyrrole nitrogens is 2. The van der Waals surface area contributed by atoms with Gasteiger partial charge in [-0.3, -0.25) is 14.7 Å². The molecule has 0 unspecified atom stereocenters. The highest BCUT2D eigenvalue weighted by molar-refractivity contribution is 5.79. The van der Waals surface area contributed by atoms with Crippen LogP contribution in [0.3, 0.4) is 0 Å². The van der Waals surface area contributed by atoms with Crippen molar-refractivity contribution >= 4 is 5.91 Å². The maximum absolute atomic E-state index is 12.5. The summed E-state index contributed by atoms with van der Waals surface area (Å²) in [6.45, 7) is 4.03. The molecule has 0 saturated carbocycles. The number of fused-ring (bicyclic) bond motifs is 1. The highest BCUT2D eigenvalue weighted by atomic mass is 16.6. The van der Waals surface area contributed by atoms with Gasteiger partial charge in [0.1, 0.15) is 12.2 Å². The van der Waals surface area contributed by atoms with Crippen LogP contribution in [0.5, 0.6) is 0 Å². The molecule has 0 bridgehead atoms. The Hall–Kier alpha value is -1.64. The summed E-state index contributed by atoms with van der Waals surface area (Å²) in [6.07, 6.45) is -0.0752. The van der Waals surface area contributed by atoms with Crippen LogP contribution in [0, 0.1) is 6.92 Å². The molecule has 3 rings (SSSR count). The van der Waals surface area contributed by atoms with Crippen molar-refractivity contribution in [3.63, 3.8) is 0 Å². The van der Waals surface area contributed by atoms with Gasteiger partial charge >= 0.3 is 0 Å². The SMILES string of the molecule is Cc1[nH][nH]c(=O)c1CC(=O)N1C[C@@H]2OCC(N(C)C)CO[C@H]2C1. The summed E-state index contributed by atoms with van der Waals surface area (Å²) in [6, 6.07) is 0.241. The molecule has 0 aliphatic carbocycles. The minimum absolute atomic E-state index is 0.0670. The first-order valence-electron chi connectivity index (χ1n) is 7.89. The van der Waals surface area contributed by atoms with Gasteiger partial charge in [-0.2, -0.15) is 0 Å².